The molecule has 0 saturated carbocycles. The number of hydrogen-bond donors (Lipinski definition) is 2. The molecular weight excluding hydrogens is 302 g/mol. The van der Waals surface area contributed by atoms with Crippen molar-refractivity contribution in [3.63, 3.8) is 0 Å². The van der Waals surface area contributed by atoms with Gasteiger partial charge < -0.3 is 20.2 Å². The summed E-state index contributed by atoms with van der Waals surface area (Å²) in [6.07, 6.45) is 0.149. The third-order valence-corrected chi connectivity index (χ3v) is 3.36. The maximum absolute atomic E-state index is 11.2. The van der Waals surface area contributed by atoms with Crippen LogP contribution < -0.4 is 20.8 Å². The molecule has 2 aromatic rings. The zero-order valence-corrected chi connectivity index (χ0v) is 13.4. The van der Waals surface area contributed by atoms with Gasteiger partial charge in [-0.15, -0.1) is 0 Å². The predicted octanol–water partition coefficient (Wildman–Crippen LogP) is 2.31. The minimum Gasteiger partial charge on any atom is -0.493 e. The molecule has 7 heteroatoms. The SMILES string of the molecule is CC(C)Oc1ccc(OCCSc2nc(N)cc(=O)[nH]2)cc1. The summed E-state index contributed by atoms with van der Waals surface area (Å²) < 4.78 is 11.2. The molecule has 1 heterocycles. The van der Waals surface area contributed by atoms with E-state index in [1.165, 1.54) is 17.8 Å². The largest absolute Gasteiger partial charge is 0.493 e. The Balaban J connectivity index is 1.77. The van der Waals surface area contributed by atoms with Crippen molar-refractivity contribution in [2.45, 2.75) is 25.1 Å². The van der Waals surface area contributed by atoms with Gasteiger partial charge in [-0.3, -0.25) is 4.79 Å². The number of nitrogen functional groups attached to an aromatic ring is 1. The molecule has 0 amide bonds. The first-order valence-electron chi connectivity index (χ1n) is 6.92. The molecular formula is C15H19N3O3S. The third kappa shape index (κ3) is 5.33. The van der Waals surface area contributed by atoms with E-state index in [1.54, 1.807) is 0 Å². The third-order valence-electron chi connectivity index (χ3n) is 2.53. The molecule has 0 spiro atoms. The predicted molar refractivity (Wildman–Crippen MR) is 87.7 cm³/mol. The Morgan fingerprint density at radius 3 is 2.59 bits per heavy atom. The molecule has 118 valence electrons. The summed E-state index contributed by atoms with van der Waals surface area (Å²) in [5.41, 5.74) is 5.26. The lowest BCUT2D eigenvalue weighted by Gasteiger charge is -2.10. The van der Waals surface area contributed by atoms with Gasteiger partial charge in [0.2, 0.25) is 0 Å². The van der Waals surface area contributed by atoms with Crippen molar-refractivity contribution in [1.82, 2.24) is 9.97 Å². The molecule has 0 bridgehead atoms. The van der Waals surface area contributed by atoms with Gasteiger partial charge in [0.15, 0.2) is 5.16 Å². The van der Waals surface area contributed by atoms with Gasteiger partial charge in [0.05, 0.1) is 12.7 Å². The van der Waals surface area contributed by atoms with Crippen LogP contribution in [0.1, 0.15) is 13.8 Å². The lowest BCUT2D eigenvalue weighted by Crippen LogP contribution is -2.10. The minimum atomic E-state index is -0.253. The smallest absolute Gasteiger partial charge is 0.253 e. The van der Waals surface area contributed by atoms with Crippen molar-refractivity contribution < 1.29 is 9.47 Å². The standard InChI is InChI=1S/C15H19N3O3S/c1-10(2)21-12-5-3-11(4-6-12)20-7-8-22-15-17-13(16)9-14(19)18-15/h3-6,9-10H,7-8H2,1-2H3,(H3,16,17,18,19). The van der Waals surface area contributed by atoms with Gasteiger partial charge in [-0.25, -0.2) is 4.98 Å². The van der Waals surface area contributed by atoms with Crippen LogP contribution in [0, 0.1) is 0 Å². The fourth-order valence-corrected chi connectivity index (χ4v) is 2.41. The average molecular weight is 321 g/mol. The number of H-pyrrole nitrogens is 1. The number of nitrogens with zero attached hydrogens (tertiary/aromatic N) is 1. The van der Waals surface area contributed by atoms with Crippen molar-refractivity contribution in [3.05, 3.63) is 40.7 Å². The summed E-state index contributed by atoms with van der Waals surface area (Å²) in [7, 11) is 0. The number of thioether (sulfide) groups is 1. The summed E-state index contributed by atoms with van der Waals surface area (Å²) >= 11 is 1.38. The summed E-state index contributed by atoms with van der Waals surface area (Å²) in [6.45, 7) is 4.46. The van der Waals surface area contributed by atoms with Crippen LogP contribution in [0.25, 0.3) is 0 Å². The van der Waals surface area contributed by atoms with E-state index in [-0.39, 0.29) is 17.5 Å². The highest BCUT2D eigenvalue weighted by molar-refractivity contribution is 7.99. The van der Waals surface area contributed by atoms with E-state index in [1.807, 2.05) is 38.1 Å². The fourth-order valence-electron chi connectivity index (χ4n) is 1.71. The van der Waals surface area contributed by atoms with Gasteiger partial charge >= 0.3 is 0 Å². The molecule has 0 fully saturated rings. The maximum Gasteiger partial charge on any atom is 0.253 e. The number of rotatable bonds is 7. The Bertz CT molecular complexity index is 656. The fraction of sp³-hybridized carbons (Fsp3) is 0.333. The van der Waals surface area contributed by atoms with Gasteiger partial charge in [-0.05, 0) is 38.1 Å². The van der Waals surface area contributed by atoms with Crippen molar-refractivity contribution in [2.24, 2.45) is 0 Å². The number of aromatic amines is 1. The van der Waals surface area contributed by atoms with Gasteiger partial charge in [-0.1, -0.05) is 11.8 Å². The van der Waals surface area contributed by atoms with Gasteiger partial charge in [0.1, 0.15) is 17.3 Å². The molecule has 0 aliphatic carbocycles. The van der Waals surface area contributed by atoms with E-state index in [9.17, 15) is 4.79 Å². The molecule has 1 aromatic heterocycles. The maximum atomic E-state index is 11.2. The average Bonchev–Trinajstić information content (AvgIpc) is 2.44. The molecule has 0 atom stereocenters. The van der Waals surface area contributed by atoms with Crippen molar-refractivity contribution in [1.29, 1.82) is 0 Å². The molecule has 1 aromatic carbocycles. The van der Waals surface area contributed by atoms with Crippen LogP contribution in [-0.4, -0.2) is 28.4 Å². The second kappa shape index (κ2) is 7.74. The highest BCUT2D eigenvalue weighted by Gasteiger charge is 2.01. The van der Waals surface area contributed by atoms with Gasteiger partial charge in [0.25, 0.3) is 5.56 Å². The van der Waals surface area contributed by atoms with Crippen LogP contribution in [0.15, 0.2) is 40.3 Å². The summed E-state index contributed by atoms with van der Waals surface area (Å²) in [5, 5.41) is 0.495. The normalized spacial score (nSPS) is 10.7. The van der Waals surface area contributed by atoms with E-state index >= 15 is 0 Å². The molecule has 6 nitrogen and oxygen atoms in total. The van der Waals surface area contributed by atoms with Crippen LogP contribution in [0.4, 0.5) is 5.82 Å². The van der Waals surface area contributed by atoms with Crippen LogP contribution in [0.3, 0.4) is 0 Å². The van der Waals surface area contributed by atoms with Crippen LogP contribution in [-0.2, 0) is 0 Å². The Hall–Kier alpha value is -2.15. The molecule has 0 aliphatic heterocycles. The van der Waals surface area contributed by atoms with Crippen molar-refractivity contribution in [2.75, 3.05) is 18.1 Å². The highest BCUT2D eigenvalue weighted by Crippen LogP contribution is 2.19. The molecule has 0 radical (unpaired) electrons. The number of nitrogens with two attached hydrogens (primary N) is 1. The minimum absolute atomic E-state index is 0.149. The number of anilines is 1. The van der Waals surface area contributed by atoms with Crippen LogP contribution >= 0.6 is 11.8 Å². The number of benzene rings is 1. The molecule has 22 heavy (non-hydrogen) atoms. The van der Waals surface area contributed by atoms with Gasteiger partial charge in [0, 0.05) is 11.8 Å². The Morgan fingerprint density at radius 2 is 1.95 bits per heavy atom. The monoisotopic (exact) mass is 321 g/mol. The lowest BCUT2D eigenvalue weighted by molar-refractivity contribution is 0.242. The number of aromatic nitrogens is 2. The Morgan fingerprint density at radius 1 is 1.27 bits per heavy atom. The van der Waals surface area contributed by atoms with Crippen LogP contribution in [0.5, 0.6) is 11.5 Å². The first kappa shape index (κ1) is 16.2. The number of nitrogens with one attached hydrogen (secondary N) is 1. The molecule has 0 unspecified atom stereocenters. The van der Waals surface area contributed by atoms with Crippen LogP contribution in [0.2, 0.25) is 0 Å². The quantitative estimate of drug-likeness (QED) is 0.462. The molecule has 3 N–H and O–H groups in total. The Labute approximate surface area is 133 Å². The molecule has 0 aliphatic rings. The van der Waals surface area contributed by atoms with Gasteiger partial charge in [-0.2, -0.15) is 0 Å². The molecule has 0 saturated heterocycles. The molecule has 2 rings (SSSR count). The number of hydrogen-bond acceptors (Lipinski definition) is 6. The van der Waals surface area contributed by atoms with E-state index in [4.69, 9.17) is 15.2 Å². The summed E-state index contributed by atoms with van der Waals surface area (Å²) in [5.74, 6) is 2.45. The lowest BCUT2D eigenvalue weighted by atomic mass is 10.3. The first-order chi connectivity index (χ1) is 10.5. The highest BCUT2D eigenvalue weighted by atomic mass is 32.2. The van der Waals surface area contributed by atoms with Crippen molar-refractivity contribution in [3.8, 4) is 11.5 Å². The topological polar surface area (TPSA) is 90.2 Å². The van der Waals surface area contributed by atoms with E-state index in [0.717, 1.165) is 11.5 Å². The zero-order chi connectivity index (χ0) is 15.9. The van der Waals surface area contributed by atoms with E-state index < -0.39 is 0 Å². The summed E-state index contributed by atoms with van der Waals surface area (Å²) in [6, 6.07) is 8.73. The van der Waals surface area contributed by atoms with E-state index in [0.29, 0.717) is 17.5 Å². The second-order valence-electron chi connectivity index (χ2n) is 4.81. The number of ether oxygens (including phenoxy) is 2. The first-order valence-corrected chi connectivity index (χ1v) is 7.90. The zero-order valence-electron chi connectivity index (χ0n) is 12.5. The van der Waals surface area contributed by atoms with E-state index in [2.05, 4.69) is 9.97 Å². The summed E-state index contributed by atoms with van der Waals surface area (Å²) in [4.78, 5) is 17.9. The van der Waals surface area contributed by atoms with Crippen molar-refractivity contribution >= 4 is 17.6 Å². The second-order valence-corrected chi connectivity index (χ2v) is 5.89. The Kier molecular flexibility index (Phi) is 5.71.